The Hall–Kier alpha value is -0.740. The van der Waals surface area contributed by atoms with Crippen molar-refractivity contribution >= 4 is 29.0 Å². The van der Waals surface area contributed by atoms with Crippen molar-refractivity contribution in [3.63, 3.8) is 0 Å². The van der Waals surface area contributed by atoms with Gasteiger partial charge in [0.05, 0.1) is 4.20 Å². The zero-order valence-corrected chi connectivity index (χ0v) is 7.19. The van der Waals surface area contributed by atoms with Gasteiger partial charge >= 0.3 is 0 Å². The molecule has 0 aromatic heterocycles. The molecule has 1 aromatic rings. The van der Waals surface area contributed by atoms with Crippen molar-refractivity contribution in [1.82, 2.24) is 0 Å². The predicted octanol–water partition coefficient (Wildman–Crippen LogP) is 1.70. The lowest BCUT2D eigenvalue weighted by Crippen LogP contribution is -1.86. The van der Waals surface area contributed by atoms with Crippen LogP contribution in [0.5, 0.6) is 11.5 Å². The van der Waals surface area contributed by atoms with Crippen LogP contribution >= 0.6 is 24.8 Å². The van der Waals surface area contributed by atoms with E-state index in [9.17, 15) is 0 Å². The Morgan fingerprint density at radius 3 is 2.45 bits per heavy atom. The topological polar surface area (TPSA) is 40.5 Å². The highest BCUT2D eigenvalue weighted by Crippen LogP contribution is 2.23. The van der Waals surface area contributed by atoms with Gasteiger partial charge in [0.2, 0.25) is 0 Å². The normalized spacial score (nSPS) is 9.55. The van der Waals surface area contributed by atoms with E-state index in [1.807, 2.05) is 0 Å². The minimum atomic E-state index is -0.0509. The van der Waals surface area contributed by atoms with Crippen LogP contribution in [0.4, 0.5) is 0 Å². The van der Waals surface area contributed by atoms with Crippen LogP contribution in [-0.2, 0) is 0 Å². The quantitative estimate of drug-likeness (QED) is 0.462. The van der Waals surface area contributed by atoms with E-state index in [4.69, 9.17) is 22.4 Å². The maximum absolute atomic E-state index is 9.17. The molecule has 0 amide bonds. The second-order valence-electron chi connectivity index (χ2n) is 2.01. The van der Waals surface area contributed by atoms with Gasteiger partial charge < -0.3 is 10.2 Å². The Morgan fingerprint density at radius 1 is 1.36 bits per heavy atom. The van der Waals surface area contributed by atoms with Crippen molar-refractivity contribution in [3.05, 3.63) is 23.8 Å². The number of phenolic OH excluding ortho intramolecular Hbond substituents is 2. The summed E-state index contributed by atoms with van der Waals surface area (Å²) in [6.07, 6.45) is 0. The largest absolute Gasteiger partial charge is 0.508 e. The summed E-state index contributed by atoms with van der Waals surface area (Å²) in [7, 11) is 0. The first-order chi connectivity index (χ1) is 5.11. The minimum Gasteiger partial charge on any atom is -0.508 e. The summed E-state index contributed by atoms with van der Waals surface area (Å²) in [5.41, 5.74) is 0.459. The monoisotopic (exact) mass is 186 g/mol. The van der Waals surface area contributed by atoms with E-state index >= 15 is 0 Å². The lowest BCUT2D eigenvalue weighted by atomic mass is 10.2. The van der Waals surface area contributed by atoms with E-state index in [0.29, 0.717) is 9.76 Å². The van der Waals surface area contributed by atoms with Crippen LogP contribution < -0.4 is 0 Å². The molecule has 0 aliphatic heterocycles. The van der Waals surface area contributed by atoms with Gasteiger partial charge in [-0.1, -0.05) is 12.2 Å². The fourth-order valence-electron chi connectivity index (χ4n) is 0.701. The molecule has 0 bridgehead atoms. The van der Waals surface area contributed by atoms with E-state index in [1.54, 1.807) is 0 Å². The van der Waals surface area contributed by atoms with Gasteiger partial charge in [-0.05, 0) is 12.1 Å². The molecular weight excluding hydrogens is 180 g/mol. The molecular formula is C7H6O2S2. The lowest BCUT2D eigenvalue weighted by molar-refractivity contribution is 0.450. The fraction of sp³-hybridized carbons (Fsp3) is 0. The Kier molecular flexibility index (Phi) is 2.36. The molecule has 0 aliphatic rings. The standard InChI is InChI=1S/C7H6O2S2/c8-4-1-2-5(7(10)11)6(9)3-4/h1-3,8-9H,(H,10,11). The first kappa shape index (κ1) is 8.36. The van der Waals surface area contributed by atoms with E-state index in [1.165, 1.54) is 18.2 Å². The van der Waals surface area contributed by atoms with Crippen LogP contribution in [-0.4, -0.2) is 14.4 Å². The minimum absolute atomic E-state index is 0.0100. The predicted molar refractivity (Wildman–Crippen MR) is 50.5 cm³/mol. The number of rotatable bonds is 1. The smallest absolute Gasteiger partial charge is 0.128 e. The highest BCUT2D eigenvalue weighted by molar-refractivity contribution is 8.11. The molecule has 1 rings (SSSR count). The average Bonchev–Trinajstić information content (AvgIpc) is 1.85. The molecule has 2 N–H and O–H groups in total. The van der Waals surface area contributed by atoms with Crippen molar-refractivity contribution in [2.45, 2.75) is 0 Å². The SMILES string of the molecule is Oc1ccc(C(=S)S)c(O)c1. The molecule has 0 unspecified atom stereocenters. The van der Waals surface area contributed by atoms with E-state index in [-0.39, 0.29) is 11.5 Å². The van der Waals surface area contributed by atoms with Gasteiger partial charge in [-0.15, -0.1) is 12.6 Å². The van der Waals surface area contributed by atoms with Gasteiger partial charge in [-0.2, -0.15) is 0 Å². The Bertz CT molecular complexity index is 296. The number of phenols is 2. The van der Waals surface area contributed by atoms with Gasteiger partial charge in [0.25, 0.3) is 0 Å². The zero-order valence-electron chi connectivity index (χ0n) is 5.48. The molecule has 0 fully saturated rings. The Balaban J connectivity index is 3.20. The molecule has 4 heteroatoms. The van der Waals surface area contributed by atoms with E-state index in [0.717, 1.165) is 0 Å². The number of hydrogen-bond acceptors (Lipinski definition) is 3. The third kappa shape index (κ3) is 1.85. The van der Waals surface area contributed by atoms with Crippen molar-refractivity contribution in [2.24, 2.45) is 0 Å². The Morgan fingerprint density at radius 2 is 2.00 bits per heavy atom. The molecule has 0 saturated carbocycles. The van der Waals surface area contributed by atoms with Crippen molar-refractivity contribution in [2.75, 3.05) is 0 Å². The Labute approximate surface area is 74.9 Å². The van der Waals surface area contributed by atoms with Gasteiger partial charge in [-0.3, -0.25) is 0 Å². The molecule has 2 nitrogen and oxygen atoms in total. The molecule has 0 atom stereocenters. The van der Waals surface area contributed by atoms with Gasteiger partial charge in [0, 0.05) is 11.6 Å². The molecule has 0 saturated heterocycles. The van der Waals surface area contributed by atoms with Crippen LogP contribution in [0, 0.1) is 0 Å². The van der Waals surface area contributed by atoms with Crippen molar-refractivity contribution in [1.29, 1.82) is 0 Å². The molecule has 0 radical (unpaired) electrons. The first-order valence-electron chi connectivity index (χ1n) is 2.86. The zero-order chi connectivity index (χ0) is 8.43. The number of benzene rings is 1. The number of thiocarbonyl (C=S) groups is 1. The van der Waals surface area contributed by atoms with E-state index < -0.39 is 0 Å². The highest BCUT2D eigenvalue weighted by atomic mass is 32.1. The summed E-state index contributed by atoms with van der Waals surface area (Å²) < 4.78 is 0.308. The summed E-state index contributed by atoms with van der Waals surface area (Å²) in [6, 6.07) is 4.18. The van der Waals surface area contributed by atoms with Gasteiger partial charge in [0.1, 0.15) is 11.5 Å². The van der Waals surface area contributed by atoms with Crippen LogP contribution in [0.3, 0.4) is 0 Å². The van der Waals surface area contributed by atoms with Gasteiger partial charge in [-0.25, -0.2) is 0 Å². The second-order valence-corrected chi connectivity index (χ2v) is 3.16. The molecule has 11 heavy (non-hydrogen) atoms. The molecule has 0 heterocycles. The summed E-state index contributed by atoms with van der Waals surface area (Å²) in [5.74, 6) is -0.0409. The molecule has 58 valence electrons. The summed E-state index contributed by atoms with van der Waals surface area (Å²) in [4.78, 5) is 0. The van der Waals surface area contributed by atoms with Crippen LogP contribution in [0.15, 0.2) is 18.2 Å². The molecule has 0 spiro atoms. The van der Waals surface area contributed by atoms with Crippen LogP contribution in [0.25, 0.3) is 0 Å². The molecule has 0 aliphatic carbocycles. The summed E-state index contributed by atoms with van der Waals surface area (Å²) in [5, 5.41) is 18.1. The maximum atomic E-state index is 9.17. The van der Waals surface area contributed by atoms with E-state index in [2.05, 4.69) is 12.6 Å². The lowest BCUT2D eigenvalue weighted by Gasteiger charge is -2.00. The average molecular weight is 186 g/mol. The second kappa shape index (κ2) is 3.11. The van der Waals surface area contributed by atoms with Gasteiger partial charge in [0.15, 0.2) is 0 Å². The molecule has 1 aromatic carbocycles. The van der Waals surface area contributed by atoms with Crippen LogP contribution in [0.1, 0.15) is 5.56 Å². The third-order valence-electron chi connectivity index (χ3n) is 1.21. The number of aromatic hydroxyl groups is 2. The summed E-state index contributed by atoms with van der Waals surface area (Å²) >= 11 is 8.60. The van der Waals surface area contributed by atoms with Crippen molar-refractivity contribution < 1.29 is 10.2 Å². The third-order valence-corrected chi connectivity index (χ3v) is 1.67. The fourth-order valence-corrected chi connectivity index (χ4v) is 1.06. The van der Waals surface area contributed by atoms with Crippen LogP contribution in [0.2, 0.25) is 0 Å². The van der Waals surface area contributed by atoms with Crippen molar-refractivity contribution in [3.8, 4) is 11.5 Å². The summed E-state index contributed by atoms with van der Waals surface area (Å²) in [6.45, 7) is 0. The number of thiol groups is 1. The number of hydrogen-bond donors (Lipinski definition) is 3. The maximum Gasteiger partial charge on any atom is 0.128 e. The first-order valence-corrected chi connectivity index (χ1v) is 3.72. The highest BCUT2D eigenvalue weighted by Gasteiger charge is 2.03.